The molecule has 0 saturated heterocycles. The summed E-state index contributed by atoms with van der Waals surface area (Å²) in [6.07, 6.45) is 13.1. The molecule has 33 heavy (non-hydrogen) atoms. The maximum atomic E-state index is 9.88. The molecule has 6 heteroatoms. The van der Waals surface area contributed by atoms with Gasteiger partial charge in [-0.15, -0.1) is 0 Å². The Hall–Kier alpha value is -1.40. The van der Waals surface area contributed by atoms with Gasteiger partial charge < -0.3 is 25.3 Å². The van der Waals surface area contributed by atoms with Gasteiger partial charge in [0, 0.05) is 82.0 Å². The molecule has 1 aromatic carbocycles. The number of nitrogens with two attached hydrogens (primary N) is 1. The Labute approximate surface area is 225 Å². The average Bonchev–Trinajstić information content (AvgIpc) is 3.08. The largest absolute Gasteiger partial charge is 0.508 e. The zero-order chi connectivity index (χ0) is 24.7. The molecule has 183 valence electrons. The predicted octanol–water partition coefficient (Wildman–Crippen LogP) is 4.36. The number of aromatic nitrogens is 1. The first kappa shape index (κ1) is 33.8. The van der Waals surface area contributed by atoms with Crippen LogP contribution in [0.3, 0.4) is 0 Å². The number of aliphatic hydroxyl groups is 1. The van der Waals surface area contributed by atoms with Crippen LogP contribution >= 0.6 is 0 Å². The Morgan fingerprint density at radius 1 is 1.18 bits per heavy atom. The molecule has 1 atom stereocenters. The number of nitrogens with zero attached hydrogens (tertiary/aromatic N) is 1. The monoisotopic (exact) mass is 533 g/mol. The molecule has 1 unspecified atom stereocenters. The van der Waals surface area contributed by atoms with E-state index >= 15 is 0 Å². The minimum atomic E-state index is 0. The number of allylic oxidation sites excluding steroid dienone is 2. The summed E-state index contributed by atoms with van der Waals surface area (Å²) in [7, 11) is 4.80. The molecule has 0 spiro atoms. The summed E-state index contributed by atoms with van der Waals surface area (Å²) >= 11 is 0. The van der Waals surface area contributed by atoms with Crippen LogP contribution in [0.5, 0.6) is 5.75 Å². The van der Waals surface area contributed by atoms with E-state index in [1.807, 2.05) is 33.0 Å². The molecule has 1 radical (unpaired) electrons. The van der Waals surface area contributed by atoms with E-state index < -0.39 is 0 Å². The number of hydrogen-bond donors (Lipinski definition) is 3. The summed E-state index contributed by atoms with van der Waals surface area (Å²) in [6, 6.07) is 5.62. The smallest absolute Gasteiger partial charge is 0.116 e. The third kappa shape index (κ3) is 11.5. The fraction of sp³-hybridized carbons (Fsp3) is 0.481. The van der Waals surface area contributed by atoms with Crippen LogP contribution in [-0.2, 0) is 44.5 Å². The second-order valence-corrected chi connectivity index (χ2v) is 7.61. The van der Waals surface area contributed by atoms with Crippen molar-refractivity contribution in [2.45, 2.75) is 66.4 Å². The van der Waals surface area contributed by atoms with Crippen molar-refractivity contribution >= 4 is 12.2 Å². The van der Waals surface area contributed by atoms with Crippen LogP contribution in [0, 0.1) is 6.92 Å². The van der Waals surface area contributed by atoms with Crippen LogP contribution in [0.2, 0.25) is 0 Å². The minimum Gasteiger partial charge on any atom is -0.508 e. The van der Waals surface area contributed by atoms with E-state index in [-0.39, 0.29) is 38.5 Å². The van der Waals surface area contributed by atoms with Crippen molar-refractivity contribution in [3.8, 4) is 16.9 Å². The normalized spacial score (nSPS) is 12.8. The molecule has 0 aliphatic heterocycles. The van der Waals surface area contributed by atoms with Crippen molar-refractivity contribution < 1.29 is 47.7 Å². The number of phenols is 1. The Morgan fingerprint density at radius 2 is 1.82 bits per heavy atom. The standard InChI is InChI=1S/C19H24N2O.C7H16O.CH4O.Y/c1-5-7-15(20)11-17-18(12-21(4)19(17)6-2)14-8-13(3)9-16(22)10-14;1-4-6-7(5-2)8-3;1-2;/h6-12,22H,5,20H2,1-4H3;7H,4-6H2,1-3H3;2H,1H3;/b15-7-,17-11-,19-6+;;;. The zero-order valence-electron chi connectivity index (χ0n) is 21.9. The molecule has 0 saturated carbocycles. The van der Waals surface area contributed by atoms with Crippen molar-refractivity contribution in [2.24, 2.45) is 12.8 Å². The number of aliphatic hydroxyl groups excluding tert-OH is 1. The van der Waals surface area contributed by atoms with Gasteiger partial charge in [0.05, 0.1) is 6.10 Å². The number of benzene rings is 1. The molecule has 0 aliphatic rings. The number of rotatable bonds is 7. The third-order valence-electron chi connectivity index (χ3n) is 5.07. The molecule has 1 aromatic heterocycles. The fourth-order valence-corrected chi connectivity index (χ4v) is 3.59. The van der Waals surface area contributed by atoms with E-state index in [1.54, 1.807) is 19.2 Å². The van der Waals surface area contributed by atoms with Crippen molar-refractivity contribution in [1.29, 1.82) is 0 Å². The second kappa shape index (κ2) is 19.0. The summed E-state index contributed by atoms with van der Waals surface area (Å²) in [4.78, 5) is 0. The molecule has 0 amide bonds. The van der Waals surface area contributed by atoms with Crippen molar-refractivity contribution in [3.05, 3.63) is 52.3 Å². The molecule has 0 aliphatic carbocycles. The number of methoxy groups -OCH3 is 1. The van der Waals surface area contributed by atoms with Crippen LogP contribution in [0.4, 0.5) is 0 Å². The van der Waals surface area contributed by atoms with Gasteiger partial charge in [-0.1, -0.05) is 45.4 Å². The van der Waals surface area contributed by atoms with Crippen LogP contribution in [0.1, 0.15) is 58.9 Å². The molecule has 5 nitrogen and oxygen atoms in total. The first-order valence-electron chi connectivity index (χ1n) is 11.4. The minimum absolute atomic E-state index is 0. The van der Waals surface area contributed by atoms with Gasteiger partial charge in [-0.05, 0) is 62.4 Å². The summed E-state index contributed by atoms with van der Waals surface area (Å²) < 4.78 is 7.22. The van der Waals surface area contributed by atoms with Gasteiger partial charge in [0.15, 0.2) is 0 Å². The van der Waals surface area contributed by atoms with Crippen molar-refractivity contribution in [3.63, 3.8) is 0 Å². The van der Waals surface area contributed by atoms with Crippen LogP contribution in [-0.4, -0.2) is 35.1 Å². The Morgan fingerprint density at radius 3 is 2.24 bits per heavy atom. The topological polar surface area (TPSA) is 80.6 Å². The molecule has 1 heterocycles. The van der Waals surface area contributed by atoms with E-state index in [4.69, 9.17) is 15.6 Å². The van der Waals surface area contributed by atoms with Gasteiger partial charge >= 0.3 is 0 Å². The summed E-state index contributed by atoms with van der Waals surface area (Å²) in [5, 5.41) is 19.1. The van der Waals surface area contributed by atoms with Gasteiger partial charge in [0.25, 0.3) is 0 Å². The van der Waals surface area contributed by atoms with Crippen molar-refractivity contribution in [1.82, 2.24) is 4.57 Å². The predicted molar refractivity (Wildman–Crippen MR) is 138 cm³/mol. The summed E-state index contributed by atoms with van der Waals surface area (Å²) in [5.74, 6) is 0.281. The molecule has 2 aromatic rings. The molecule has 2 rings (SSSR count). The van der Waals surface area contributed by atoms with Gasteiger partial charge in [-0.3, -0.25) is 0 Å². The SMILES string of the molecule is CCCC(CC)OC.CO.C\C=c1/c(=C\C(N)=C\CC)c(-c2cc(C)cc(O)c2)cn1C.[Y]. The first-order valence-corrected chi connectivity index (χ1v) is 11.4. The number of hydrogen-bond acceptors (Lipinski definition) is 4. The summed E-state index contributed by atoms with van der Waals surface area (Å²) in [5.41, 5.74) is 9.95. The van der Waals surface area contributed by atoms with Gasteiger partial charge in [0.2, 0.25) is 0 Å². The zero-order valence-corrected chi connectivity index (χ0v) is 24.7. The molecule has 0 bridgehead atoms. The maximum Gasteiger partial charge on any atom is 0.116 e. The van der Waals surface area contributed by atoms with Gasteiger partial charge in [0.1, 0.15) is 5.75 Å². The number of aromatic hydroxyl groups is 1. The second-order valence-electron chi connectivity index (χ2n) is 7.61. The Bertz CT molecular complexity index is 925. The molecular formula is C27H44N2O3Y. The molecule has 4 N–H and O–H groups in total. The van der Waals surface area contributed by atoms with Crippen LogP contribution < -0.4 is 16.3 Å². The molecular weight excluding hydrogens is 489 g/mol. The van der Waals surface area contributed by atoms with Gasteiger partial charge in [-0.2, -0.15) is 0 Å². The maximum absolute atomic E-state index is 9.88. The summed E-state index contributed by atoms with van der Waals surface area (Å²) in [6.45, 7) is 10.4. The number of phenolic OH excluding ortho intramolecular Hbond substituents is 1. The Balaban J connectivity index is 0. The van der Waals surface area contributed by atoms with Crippen LogP contribution in [0.15, 0.2) is 36.2 Å². The van der Waals surface area contributed by atoms with E-state index in [2.05, 4.69) is 43.7 Å². The average molecular weight is 534 g/mol. The van der Waals surface area contributed by atoms with Crippen LogP contribution in [0.25, 0.3) is 23.3 Å². The number of aryl methyl sites for hydroxylation is 2. The molecule has 0 fully saturated rings. The van der Waals surface area contributed by atoms with Gasteiger partial charge in [-0.25, -0.2) is 0 Å². The van der Waals surface area contributed by atoms with E-state index in [0.717, 1.165) is 52.9 Å². The van der Waals surface area contributed by atoms with E-state index in [0.29, 0.717) is 6.10 Å². The quantitative estimate of drug-likeness (QED) is 0.494. The van der Waals surface area contributed by atoms with E-state index in [9.17, 15) is 5.11 Å². The first-order chi connectivity index (χ1) is 15.3. The number of ether oxygens (including phenoxy) is 1. The fourth-order valence-electron chi connectivity index (χ4n) is 3.59. The van der Waals surface area contributed by atoms with Crippen molar-refractivity contribution in [2.75, 3.05) is 14.2 Å². The Kier molecular flexibility index (Phi) is 19.4. The third-order valence-corrected chi connectivity index (χ3v) is 5.07. The van der Waals surface area contributed by atoms with E-state index in [1.165, 1.54) is 12.8 Å².